The van der Waals surface area contributed by atoms with Crippen molar-refractivity contribution in [2.75, 3.05) is 26.4 Å². The summed E-state index contributed by atoms with van der Waals surface area (Å²) < 4.78 is 82.3. The Morgan fingerprint density at radius 2 is 1.42 bits per heavy atom. The minimum absolute atomic E-state index is 0. The van der Waals surface area contributed by atoms with Crippen LogP contribution in [-0.4, -0.2) is 69.6 Å². The zero-order chi connectivity index (χ0) is 33.8. The minimum atomic E-state index is -5.01. The summed E-state index contributed by atoms with van der Waals surface area (Å²) in [5, 5.41) is -1.29. The maximum absolute atomic E-state index is 12.1. The van der Waals surface area contributed by atoms with Crippen LogP contribution in [0.25, 0.3) is 0 Å². The molecule has 0 aliphatic heterocycles. The summed E-state index contributed by atoms with van der Waals surface area (Å²) in [4.78, 5) is 24.1. The summed E-state index contributed by atoms with van der Waals surface area (Å²) in [6.45, 7) is 7.89. The number of rotatable bonds is 21. The number of ether oxygens (including phenoxy) is 3. The monoisotopic (exact) mass is 730 g/mol. The van der Waals surface area contributed by atoms with Crippen molar-refractivity contribution in [3.8, 4) is 5.75 Å². The topological polar surface area (TPSA) is 183 Å². The van der Waals surface area contributed by atoms with E-state index in [2.05, 4.69) is 18.0 Å². The van der Waals surface area contributed by atoms with Gasteiger partial charge in [0.1, 0.15) is 29.1 Å². The summed E-state index contributed by atoms with van der Waals surface area (Å²) in [6, 6.07) is 4.60. The smallest absolute Gasteiger partial charge is 0.747 e. The number of unbranched alkanes of at least 4 members (excludes halogenated alkanes) is 2. The maximum Gasteiger partial charge on any atom is 1.00 e. The van der Waals surface area contributed by atoms with Crippen molar-refractivity contribution >= 4 is 55.7 Å². The first kappa shape index (κ1) is 46.4. The maximum atomic E-state index is 12.1. The van der Waals surface area contributed by atoms with E-state index in [1.165, 1.54) is 12.1 Å². The standard InChI is InChI=1S/C20H38O7S.C8H8Cl2O5S.Na/c1-5-9-11-16(7-3)14-26-19(21)13-18(28(23,24)25)20(22)27-15-17(8-4)12-10-6-2;9-6-1-2-8(7(10)5-6)14-3-4-15-16(11,12)13;/h16-18H,5-15H2,1-4H3,(H,23,24,25);1-2,5H,3-4H2,(H,11,12,13);/q;;+1/p-1. The normalized spacial score (nSPS) is 13.3. The molecule has 0 aliphatic carbocycles. The van der Waals surface area contributed by atoms with E-state index in [1.54, 1.807) is 6.07 Å². The van der Waals surface area contributed by atoms with E-state index in [9.17, 15) is 31.0 Å². The zero-order valence-corrected chi connectivity index (χ0v) is 31.8. The Hall–Kier alpha value is -0.680. The van der Waals surface area contributed by atoms with Gasteiger partial charge in [-0.25, -0.2) is 12.6 Å². The molecule has 0 fully saturated rings. The van der Waals surface area contributed by atoms with Gasteiger partial charge in [0, 0.05) is 5.02 Å². The molecule has 1 aromatic carbocycles. The third-order valence-electron chi connectivity index (χ3n) is 6.46. The van der Waals surface area contributed by atoms with Crippen LogP contribution in [0.3, 0.4) is 0 Å². The molecule has 1 aromatic rings. The van der Waals surface area contributed by atoms with Crippen LogP contribution in [0.1, 0.15) is 85.5 Å². The van der Waals surface area contributed by atoms with Gasteiger partial charge >= 0.3 is 51.9 Å². The van der Waals surface area contributed by atoms with Gasteiger partial charge in [-0.3, -0.25) is 14.1 Å². The number of halogens is 2. The van der Waals surface area contributed by atoms with Gasteiger partial charge in [-0.2, -0.15) is 8.42 Å². The molecule has 0 saturated carbocycles. The van der Waals surface area contributed by atoms with Gasteiger partial charge in [0.05, 0.1) is 24.7 Å². The van der Waals surface area contributed by atoms with E-state index in [4.69, 9.17) is 42.0 Å². The first-order valence-corrected chi connectivity index (χ1v) is 18.1. The van der Waals surface area contributed by atoms with Crippen molar-refractivity contribution in [1.82, 2.24) is 0 Å². The first-order chi connectivity index (χ1) is 20.6. The van der Waals surface area contributed by atoms with Crippen LogP contribution < -0.4 is 34.3 Å². The van der Waals surface area contributed by atoms with Crippen LogP contribution >= 0.6 is 23.2 Å². The summed E-state index contributed by atoms with van der Waals surface area (Å²) in [5.74, 6) is -1.39. The van der Waals surface area contributed by atoms with Gasteiger partial charge in [-0.15, -0.1) is 0 Å². The van der Waals surface area contributed by atoms with Gasteiger partial charge in [-0.05, 0) is 42.9 Å². The molecular weight excluding hydrogens is 686 g/mol. The Morgan fingerprint density at radius 3 is 1.87 bits per heavy atom. The molecule has 0 aliphatic rings. The third kappa shape index (κ3) is 23.3. The fourth-order valence-electron chi connectivity index (χ4n) is 3.70. The predicted molar refractivity (Wildman–Crippen MR) is 166 cm³/mol. The van der Waals surface area contributed by atoms with E-state index in [-0.39, 0.29) is 67.8 Å². The molecule has 3 atom stereocenters. The van der Waals surface area contributed by atoms with Crippen LogP contribution in [0.15, 0.2) is 18.2 Å². The Labute approximate surface area is 300 Å². The summed E-state index contributed by atoms with van der Waals surface area (Å²) in [5.41, 5.74) is 0. The van der Waals surface area contributed by atoms with Crippen LogP contribution in [0.5, 0.6) is 5.75 Å². The third-order valence-corrected chi connectivity index (χ3v) is 8.51. The van der Waals surface area contributed by atoms with Crippen LogP contribution in [0.2, 0.25) is 10.0 Å². The van der Waals surface area contributed by atoms with Crippen molar-refractivity contribution in [1.29, 1.82) is 0 Å². The van der Waals surface area contributed by atoms with E-state index >= 15 is 0 Å². The van der Waals surface area contributed by atoms with Gasteiger partial charge < -0.3 is 18.8 Å². The van der Waals surface area contributed by atoms with Gasteiger partial charge in [0.15, 0.2) is 5.25 Å². The zero-order valence-electron chi connectivity index (χ0n) is 26.7. The van der Waals surface area contributed by atoms with Crippen LogP contribution in [0, 0.1) is 11.8 Å². The van der Waals surface area contributed by atoms with E-state index in [1.807, 2.05) is 13.8 Å². The molecule has 17 heteroatoms. The van der Waals surface area contributed by atoms with E-state index in [0.29, 0.717) is 15.8 Å². The molecule has 0 aromatic heterocycles. The Balaban J connectivity index is 0. The number of hydrogen-bond donors (Lipinski definition) is 1. The molecule has 1 rings (SSSR count). The average Bonchev–Trinajstić information content (AvgIpc) is 2.94. The Kier molecular flexibility index (Phi) is 26.2. The number of hydrogen-bond acceptors (Lipinski definition) is 11. The molecule has 12 nitrogen and oxygen atoms in total. The van der Waals surface area contributed by atoms with E-state index in [0.717, 1.165) is 51.4 Å². The molecule has 45 heavy (non-hydrogen) atoms. The fourth-order valence-corrected chi connectivity index (χ4v) is 5.08. The van der Waals surface area contributed by atoms with Crippen LogP contribution in [-0.2, 0) is 43.8 Å². The SMILES string of the molecule is CCCCC(CC)COC(=O)CC(C(=O)OCC(CC)CCCC)S(=O)(=O)[O-].O=S(=O)(O)OCCOc1ccc(Cl)cc1Cl.[Na+]. The second-order valence-electron chi connectivity index (χ2n) is 10.0. The van der Waals surface area contributed by atoms with Crippen molar-refractivity contribution < 1.29 is 83.5 Å². The van der Waals surface area contributed by atoms with Crippen LogP contribution in [0.4, 0.5) is 0 Å². The van der Waals surface area contributed by atoms with Gasteiger partial charge in [0.2, 0.25) is 0 Å². The molecule has 0 saturated heterocycles. The van der Waals surface area contributed by atoms with Gasteiger partial charge in [0.25, 0.3) is 0 Å². The number of esters is 2. The molecule has 0 heterocycles. The fraction of sp³-hybridized carbons (Fsp3) is 0.714. The number of carbonyl (C=O) groups excluding carboxylic acids is 2. The predicted octanol–water partition coefficient (Wildman–Crippen LogP) is 3.01. The Bertz CT molecular complexity index is 1200. The molecular formula is C28H45Cl2NaO12S2. The largest absolute Gasteiger partial charge is 1.00 e. The molecule has 0 spiro atoms. The molecule has 256 valence electrons. The quantitative estimate of drug-likeness (QED) is 0.0846. The molecule has 3 unspecified atom stereocenters. The van der Waals surface area contributed by atoms with Gasteiger partial charge in [-0.1, -0.05) is 89.4 Å². The molecule has 0 bridgehead atoms. The van der Waals surface area contributed by atoms with Crippen molar-refractivity contribution in [2.24, 2.45) is 11.8 Å². The van der Waals surface area contributed by atoms with Crippen molar-refractivity contribution in [3.05, 3.63) is 28.2 Å². The summed E-state index contributed by atoms with van der Waals surface area (Å²) in [6.07, 6.45) is 6.58. The Morgan fingerprint density at radius 1 is 0.889 bits per heavy atom. The molecule has 0 amide bonds. The summed E-state index contributed by atoms with van der Waals surface area (Å²) in [7, 11) is -9.44. The molecule has 1 N–H and O–H groups in total. The second kappa shape index (κ2) is 25.4. The number of benzene rings is 1. The van der Waals surface area contributed by atoms with E-state index < -0.39 is 44.1 Å². The minimum Gasteiger partial charge on any atom is -0.747 e. The number of carbonyl (C=O) groups is 2. The molecule has 0 radical (unpaired) electrons. The summed E-state index contributed by atoms with van der Waals surface area (Å²) >= 11 is 11.4. The second-order valence-corrected chi connectivity index (χ2v) is 13.5. The first-order valence-electron chi connectivity index (χ1n) is 14.5. The average molecular weight is 732 g/mol. The van der Waals surface area contributed by atoms with Crippen molar-refractivity contribution in [3.63, 3.8) is 0 Å². The van der Waals surface area contributed by atoms with Crippen molar-refractivity contribution in [2.45, 2.75) is 90.7 Å².